The molecule has 0 aromatic carbocycles. The highest BCUT2D eigenvalue weighted by atomic mass is 16.5. The van der Waals surface area contributed by atoms with Crippen LogP contribution in [-0.4, -0.2) is 28.6 Å². The highest BCUT2D eigenvalue weighted by molar-refractivity contribution is 5.94. The zero-order valence-corrected chi connectivity index (χ0v) is 8.84. The normalized spacial score (nSPS) is 15.5. The predicted octanol–water partition coefficient (Wildman–Crippen LogP) is -0.113. The maximum Gasteiger partial charge on any atom is 0.305 e. The van der Waals surface area contributed by atoms with Gasteiger partial charge < -0.3 is 20.9 Å². The Morgan fingerprint density at radius 3 is 3.18 bits per heavy atom. The molecule has 0 fully saturated rings. The number of pyridine rings is 1. The lowest BCUT2D eigenvalue weighted by Crippen LogP contribution is -2.26. The molecule has 1 aliphatic rings. The third-order valence-electron chi connectivity index (χ3n) is 2.31. The molecule has 17 heavy (non-hydrogen) atoms. The molecule has 1 amide bonds. The summed E-state index contributed by atoms with van der Waals surface area (Å²) in [6.45, 7) is -0.0771. The molecule has 2 heterocycles. The number of aliphatic carboxylic acids is 1. The zero-order valence-electron chi connectivity index (χ0n) is 8.84. The number of carbonyl (C=O) groups is 2. The van der Waals surface area contributed by atoms with E-state index in [0.717, 1.165) is 0 Å². The number of ether oxygens (including phenoxy) is 1. The molecule has 0 aliphatic carbocycles. The summed E-state index contributed by atoms with van der Waals surface area (Å²) in [5, 5.41) is 11.2. The molecule has 0 spiro atoms. The first-order valence-electron chi connectivity index (χ1n) is 4.96. The molecule has 0 radical (unpaired) electrons. The van der Waals surface area contributed by atoms with E-state index in [2.05, 4.69) is 10.3 Å². The second kappa shape index (κ2) is 4.38. The first-order chi connectivity index (χ1) is 8.06. The summed E-state index contributed by atoms with van der Waals surface area (Å²) in [4.78, 5) is 25.5. The highest BCUT2D eigenvalue weighted by Gasteiger charge is 2.19. The van der Waals surface area contributed by atoms with Crippen molar-refractivity contribution in [3.63, 3.8) is 0 Å². The van der Waals surface area contributed by atoms with E-state index < -0.39 is 12.0 Å². The van der Waals surface area contributed by atoms with Gasteiger partial charge in [0.2, 0.25) is 0 Å². The lowest BCUT2D eigenvalue weighted by atomic mass is 10.1. The summed E-state index contributed by atoms with van der Waals surface area (Å²) in [7, 11) is 0. The van der Waals surface area contributed by atoms with Gasteiger partial charge in [0, 0.05) is 12.2 Å². The Kier molecular flexibility index (Phi) is 2.92. The van der Waals surface area contributed by atoms with Crippen LogP contribution in [0, 0.1) is 0 Å². The number of nitrogens with zero attached hydrogens (tertiary/aromatic N) is 1. The number of hydrogen-bond donors (Lipinski definition) is 3. The van der Waals surface area contributed by atoms with Crippen LogP contribution in [0.2, 0.25) is 0 Å². The Morgan fingerprint density at radius 2 is 2.47 bits per heavy atom. The van der Waals surface area contributed by atoms with Crippen molar-refractivity contribution in [1.82, 2.24) is 4.98 Å². The fraction of sp³-hybridized carbons (Fsp3) is 0.300. The monoisotopic (exact) mass is 237 g/mol. The Bertz CT molecular complexity index is 475. The van der Waals surface area contributed by atoms with Gasteiger partial charge in [-0.1, -0.05) is 0 Å². The molecule has 7 heteroatoms. The van der Waals surface area contributed by atoms with Gasteiger partial charge in [-0.2, -0.15) is 0 Å². The Morgan fingerprint density at radius 1 is 1.71 bits per heavy atom. The summed E-state index contributed by atoms with van der Waals surface area (Å²) in [5.41, 5.74) is 6.25. The molecule has 0 saturated heterocycles. The maximum absolute atomic E-state index is 11.0. The second-order valence-electron chi connectivity index (χ2n) is 3.66. The van der Waals surface area contributed by atoms with Crippen LogP contribution in [0.1, 0.15) is 18.0 Å². The van der Waals surface area contributed by atoms with Gasteiger partial charge in [-0.05, 0) is 11.6 Å². The van der Waals surface area contributed by atoms with Gasteiger partial charge in [0.1, 0.15) is 0 Å². The minimum absolute atomic E-state index is 0.0771. The maximum atomic E-state index is 11.0. The summed E-state index contributed by atoms with van der Waals surface area (Å²) in [6, 6.07) is 0.946. The lowest BCUT2D eigenvalue weighted by Gasteiger charge is -2.18. The van der Waals surface area contributed by atoms with E-state index in [1.54, 1.807) is 6.07 Å². The van der Waals surface area contributed by atoms with Crippen molar-refractivity contribution < 1.29 is 19.4 Å². The molecule has 1 aliphatic heterocycles. The van der Waals surface area contributed by atoms with Crippen LogP contribution in [-0.2, 0) is 9.59 Å². The second-order valence-corrected chi connectivity index (χ2v) is 3.66. The summed E-state index contributed by atoms with van der Waals surface area (Å²) in [6.07, 6.45) is 1.24. The fourth-order valence-corrected chi connectivity index (χ4v) is 1.48. The summed E-state index contributed by atoms with van der Waals surface area (Å²) < 4.78 is 5.15. The molecule has 0 bridgehead atoms. The van der Waals surface area contributed by atoms with Crippen molar-refractivity contribution in [2.45, 2.75) is 12.5 Å². The topological polar surface area (TPSA) is 115 Å². The number of anilines is 1. The number of carboxylic acid groups (broad SMARTS) is 1. The van der Waals surface area contributed by atoms with Crippen LogP contribution in [0.5, 0.6) is 5.75 Å². The van der Waals surface area contributed by atoms with E-state index in [1.807, 2.05) is 0 Å². The number of amides is 1. The van der Waals surface area contributed by atoms with Gasteiger partial charge in [-0.15, -0.1) is 0 Å². The van der Waals surface area contributed by atoms with Gasteiger partial charge in [-0.25, -0.2) is 4.98 Å². The number of carbonyl (C=O) groups excluding carboxylic acids is 1. The van der Waals surface area contributed by atoms with Crippen molar-refractivity contribution in [3.8, 4) is 5.75 Å². The van der Waals surface area contributed by atoms with E-state index in [-0.39, 0.29) is 18.9 Å². The van der Waals surface area contributed by atoms with Crippen molar-refractivity contribution in [3.05, 3.63) is 17.8 Å². The number of rotatable bonds is 3. The smallest absolute Gasteiger partial charge is 0.305 e. The third-order valence-corrected chi connectivity index (χ3v) is 2.31. The molecular weight excluding hydrogens is 226 g/mol. The highest BCUT2D eigenvalue weighted by Crippen LogP contribution is 2.28. The molecule has 2 rings (SSSR count). The molecule has 7 nitrogen and oxygen atoms in total. The van der Waals surface area contributed by atoms with Crippen LogP contribution in [0.4, 0.5) is 5.82 Å². The van der Waals surface area contributed by atoms with Crippen LogP contribution in [0.3, 0.4) is 0 Å². The Labute approximate surface area is 96.6 Å². The van der Waals surface area contributed by atoms with Crippen LogP contribution in [0.15, 0.2) is 12.3 Å². The largest absolute Gasteiger partial charge is 0.481 e. The van der Waals surface area contributed by atoms with Crippen molar-refractivity contribution in [2.75, 3.05) is 11.9 Å². The fourth-order valence-electron chi connectivity index (χ4n) is 1.48. The molecule has 0 unspecified atom stereocenters. The number of aromatic nitrogens is 1. The van der Waals surface area contributed by atoms with E-state index in [4.69, 9.17) is 15.6 Å². The third kappa shape index (κ3) is 2.51. The molecule has 90 valence electrons. The number of fused-ring (bicyclic) bond motifs is 1. The minimum Gasteiger partial charge on any atom is -0.481 e. The average molecular weight is 237 g/mol. The van der Waals surface area contributed by atoms with Crippen LogP contribution >= 0.6 is 0 Å². The number of hydrogen-bond acceptors (Lipinski definition) is 5. The van der Waals surface area contributed by atoms with Crippen molar-refractivity contribution in [1.29, 1.82) is 0 Å². The Hall–Kier alpha value is -2.15. The van der Waals surface area contributed by atoms with Crippen molar-refractivity contribution in [2.24, 2.45) is 5.73 Å². The molecule has 0 saturated carbocycles. The van der Waals surface area contributed by atoms with Gasteiger partial charge in [0.15, 0.2) is 18.2 Å². The number of nitrogens with one attached hydrogen (secondary N) is 1. The molecule has 1 aromatic heterocycles. The summed E-state index contributed by atoms with van der Waals surface area (Å²) >= 11 is 0. The van der Waals surface area contributed by atoms with Gasteiger partial charge in [0.25, 0.3) is 5.91 Å². The first-order valence-corrected chi connectivity index (χ1v) is 4.96. The van der Waals surface area contributed by atoms with E-state index in [9.17, 15) is 9.59 Å². The van der Waals surface area contributed by atoms with E-state index in [1.165, 1.54) is 6.20 Å². The van der Waals surface area contributed by atoms with Gasteiger partial charge in [0.05, 0.1) is 6.42 Å². The molecule has 1 atom stereocenters. The quantitative estimate of drug-likeness (QED) is 0.675. The number of nitrogens with two attached hydrogens (primary N) is 1. The van der Waals surface area contributed by atoms with Crippen LogP contribution in [0.25, 0.3) is 0 Å². The van der Waals surface area contributed by atoms with E-state index >= 15 is 0 Å². The standard InChI is InChI=1S/C10H11N3O4/c11-6(2-9(15)16)5-1-7-10(12-3-5)13-8(14)4-17-7/h1,3,6H,2,4,11H2,(H,15,16)(H,12,13,14)/t6-/m0/s1. The molecular formula is C10H11N3O4. The minimum atomic E-state index is -0.982. The lowest BCUT2D eigenvalue weighted by molar-refractivity contribution is -0.137. The Balaban J connectivity index is 2.21. The van der Waals surface area contributed by atoms with Gasteiger partial charge >= 0.3 is 5.97 Å². The average Bonchev–Trinajstić information content (AvgIpc) is 2.27. The predicted molar refractivity (Wildman–Crippen MR) is 57.5 cm³/mol. The van der Waals surface area contributed by atoms with E-state index in [0.29, 0.717) is 17.1 Å². The van der Waals surface area contributed by atoms with Gasteiger partial charge in [-0.3, -0.25) is 9.59 Å². The molecule has 4 N–H and O–H groups in total. The SMILES string of the molecule is N[C@@H](CC(=O)O)c1cnc2c(c1)OCC(=O)N2. The first kappa shape index (κ1) is 11.3. The van der Waals surface area contributed by atoms with Crippen molar-refractivity contribution >= 4 is 17.7 Å². The zero-order chi connectivity index (χ0) is 12.4. The number of carboxylic acids is 1. The van der Waals surface area contributed by atoms with Crippen LogP contribution < -0.4 is 15.8 Å². The molecule has 1 aromatic rings. The summed E-state index contributed by atoms with van der Waals surface area (Å²) in [5.74, 6) is -0.521.